The second-order valence-electron chi connectivity index (χ2n) is 8.29. The van der Waals surface area contributed by atoms with Crippen molar-refractivity contribution >= 4 is 16.5 Å². The number of aryl methyl sites for hydroxylation is 2. The zero-order valence-corrected chi connectivity index (χ0v) is 18.9. The first-order chi connectivity index (χ1) is 16.0. The van der Waals surface area contributed by atoms with Crippen LogP contribution in [0.15, 0.2) is 84.9 Å². The van der Waals surface area contributed by atoms with E-state index in [1.54, 1.807) is 0 Å². The molecule has 0 aliphatic heterocycles. The Hall–Kier alpha value is -4.29. The average molecular weight is 426 g/mol. The van der Waals surface area contributed by atoms with Gasteiger partial charge in [-0.2, -0.15) is 0 Å². The Bertz CT molecular complexity index is 1500. The Morgan fingerprint density at radius 3 is 1.91 bits per heavy atom. The van der Waals surface area contributed by atoms with E-state index in [0.29, 0.717) is 5.69 Å². The molecular weight excluding hydrogens is 402 g/mol. The van der Waals surface area contributed by atoms with Crippen molar-refractivity contribution in [2.24, 2.45) is 0 Å². The predicted octanol–water partition coefficient (Wildman–Crippen LogP) is 8.11. The van der Waals surface area contributed by atoms with Gasteiger partial charge >= 0.3 is 0 Å². The van der Waals surface area contributed by atoms with Gasteiger partial charge in [-0.15, -0.1) is 0 Å². The summed E-state index contributed by atoms with van der Waals surface area (Å²) >= 11 is 0. The van der Waals surface area contributed by atoms with Crippen LogP contribution in [0.3, 0.4) is 0 Å². The summed E-state index contributed by atoms with van der Waals surface area (Å²) in [5.41, 5.74) is 9.40. The van der Waals surface area contributed by atoms with Gasteiger partial charge in [-0.1, -0.05) is 84.9 Å². The molecule has 0 spiro atoms. The molecular formula is C30H23N3. The highest BCUT2D eigenvalue weighted by atomic mass is 14.9. The summed E-state index contributed by atoms with van der Waals surface area (Å²) in [5.74, 6) is 0.759. The van der Waals surface area contributed by atoms with Crippen LogP contribution in [0.5, 0.6) is 0 Å². The summed E-state index contributed by atoms with van der Waals surface area (Å²) in [6.07, 6.45) is 0. The van der Waals surface area contributed by atoms with Gasteiger partial charge in [0, 0.05) is 17.0 Å². The van der Waals surface area contributed by atoms with Crippen LogP contribution in [-0.2, 0) is 0 Å². The van der Waals surface area contributed by atoms with Crippen molar-refractivity contribution in [1.29, 1.82) is 0 Å². The van der Waals surface area contributed by atoms with Gasteiger partial charge in [0.05, 0.1) is 6.57 Å². The Morgan fingerprint density at radius 2 is 1.24 bits per heavy atom. The number of benzene rings is 4. The molecule has 4 aromatic carbocycles. The van der Waals surface area contributed by atoms with Gasteiger partial charge in [0.1, 0.15) is 0 Å². The second-order valence-corrected chi connectivity index (χ2v) is 8.29. The van der Waals surface area contributed by atoms with Crippen LogP contribution in [0.4, 0.5) is 5.69 Å². The van der Waals surface area contributed by atoms with Crippen LogP contribution in [0, 0.1) is 27.3 Å². The maximum absolute atomic E-state index is 7.25. The first-order valence-electron chi connectivity index (χ1n) is 11.0. The lowest BCUT2D eigenvalue weighted by molar-refractivity contribution is 1.02. The van der Waals surface area contributed by atoms with Crippen molar-refractivity contribution in [3.8, 4) is 33.6 Å². The number of hydrogen-bond donors (Lipinski definition) is 0. The maximum atomic E-state index is 7.25. The number of nitrogens with zero attached hydrogens (tertiary/aromatic N) is 3. The second kappa shape index (κ2) is 8.33. The molecule has 0 fully saturated rings. The van der Waals surface area contributed by atoms with Gasteiger partial charge < -0.3 is 0 Å². The van der Waals surface area contributed by atoms with Crippen LogP contribution in [0.2, 0.25) is 0 Å². The zero-order chi connectivity index (χ0) is 22.9. The van der Waals surface area contributed by atoms with E-state index >= 15 is 0 Å². The van der Waals surface area contributed by atoms with Crippen molar-refractivity contribution in [2.75, 3.05) is 0 Å². The highest BCUT2D eigenvalue weighted by molar-refractivity contribution is 6.04. The first kappa shape index (κ1) is 20.6. The fraction of sp³-hybridized carbons (Fsp3) is 0.100. The largest absolute Gasteiger partial charge is 0.238 e. The summed E-state index contributed by atoms with van der Waals surface area (Å²) in [6, 6.07) is 29.1. The first-order valence-corrected chi connectivity index (χ1v) is 11.0. The summed E-state index contributed by atoms with van der Waals surface area (Å²) < 4.78 is 0. The molecule has 3 heteroatoms. The van der Waals surface area contributed by atoms with Crippen LogP contribution in [0.25, 0.3) is 49.3 Å². The van der Waals surface area contributed by atoms with E-state index in [0.717, 1.165) is 45.0 Å². The SMILES string of the molecule is [C-]#[N+]c1ccc(-c2ccc3ccccc3c2-c2ccc(-c3nc(C)c(C)c(C)n3)cc2)cc1. The lowest BCUT2D eigenvalue weighted by Gasteiger charge is -2.15. The Kier molecular flexibility index (Phi) is 5.20. The van der Waals surface area contributed by atoms with E-state index in [2.05, 4.69) is 72.4 Å². The minimum atomic E-state index is 0.647. The zero-order valence-electron chi connectivity index (χ0n) is 18.9. The molecule has 5 aromatic rings. The molecule has 0 amide bonds. The van der Waals surface area contributed by atoms with Crippen molar-refractivity contribution in [1.82, 2.24) is 9.97 Å². The Morgan fingerprint density at radius 1 is 0.636 bits per heavy atom. The van der Waals surface area contributed by atoms with Gasteiger partial charge in [0.25, 0.3) is 0 Å². The third-order valence-corrected chi connectivity index (χ3v) is 6.30. The van der Waals surface area contributed by atoms with Gasteiger partial charge in [0.15, 0.2) is 11.5 Å². The molecule has 0 radical (unpaired) electrons. The fourth-order valence-electron chi connectivity index (χ4n) is 4.23. The van der Waals surface area contributed by atoms with Crippen molar-refractivity contribution in [3.63, 3.8) is 0 Å². The number of hydrogen-bond acceptors (Lipinski definition) is 2. The molecule has 0 aliphatic carbocycles. The molecule has 3 nitrogen and oxygen atoms in total. The number of rotatable bonds is 3. The fourth-order valence-corrected chi connectivity index (χ4v) is 4.23. The van der Waals surface area contributed by atoms with E-state index in [1.807, 2.05) is 38.1 Å². The molecule has 1 heterocycles. The highest BCUT2D eigenvalue weighted by Crippen LogP contribution is 2.39. The summed E-state index contributed by atoms with van der Waals surface area (Å²) in [6.45, 7) is 13.4. The van der Waals surface area contributed by atoms with Crippen molar-refractivity contribution < 1.29 is 0 Å². The van der Waals surface area contributed by atoms with Crippen LogP contribution < -0.4 is 0 Å². The summed E-state index contributed by atoms with van der Waals surface area (Å²) in [4.78, 5) is 12.9. The minimum absolute atomic E-state index is 0.647. The third kappa shape index (κ3) is 3.77. The van der Waals surface area contributed by atoms with Gasteiger partial charge in [-0.05, 0) is 59.4 Å². The standard InChI is InChI=1S/C30H23N3/c1-19-20(2)32-30(33-21(19)3)25-11-9-24(10-12-25)29-27-8-6-5-7-22(27)15-18-28(29)23-13-16-26(31-4)17-14-23/h5-18H,1-3H3. The summed E-state index contributed by atoms with van der Waals surface area (Å²) in [7, 11) is 0. The van der Waals surface area contributed by atoms with Gasteiger partial charge in [-0.25, -0.2) is 14.8 Å². The third-order valence-electron chi connectivity index (χ3n) is 6.30. The van der Waals surface area contributed by atoms with E-state index < -0.39 is 0 Å². The lowest BCUT2D eigenvalue weighted by atomic mass is 9.89. The average Bonchev–Trinajstić information content (AvgIpc) is 2.86. The van der Waals surface area contributed by atoms with E-state index in [4.69, 9.17) is 16.5 Å². The van der Waals surface area contributed by atoms with Crippen LogP contribution in [0.1, 0.15) is 17.0 Å². The van der Waals surface area contributed by atoms with E-state index in [9.17, 15) is 0 Å². The highest BCUT2D eigenvalue weighted by Gasteiger charge is 2.13. The lowest BCUT2D eigenvalue weighted by Crippen LogP contribution is -1.99. The topological polar surface area (TPSA) is 30.1 Å². The quantitative estimate of drug-likeness (QED) is 0.273. The summed E-state index contributed by atoms with van der Waals surface area (Å²) in [5, 5.41) is 2.40. The van der Waals surface area contributed by atoms with Crippen molar-refractivity contribution in [2.45, 2.75) is 20.8 Å². The van der Waals surface area contributed by atoms with Crippen LogP contribution in [-0.4, -0.2) is 9.97 Å². The van der Waals surface area contributed by atoms with Gasteiger partial charge in [0.2, 0.25) is 0 Å². The molecule has 33 heavy (non-hydrogen) atoms. The molecule has 0 N–H and O–H groups in total. The smallest absolute Gasteiger partial charge is 0.187 e. The number of aromatic nitrogens is 2. The molecule has 0 bridgehead atoms. The van der Waals surface area contributed by atoms with Gasteiger partial charge in [-0.3, -0.25) is 0 Å². The Labute approximate surface area is 194 Å². The van der Waals surface area contributed by atoms with Crippen molar-refractivity contribution in [3.05, 3.63) is 113 Å². The molecule has 5 rings (SSSR count). The van der Waals surface area contributed by atoms with E-state index in [-0.39, 0.29) is 0 Å². The van der Waals surface area contributed by atoms with Crippen LogP contribution >= 0.6 is 0 Å². The molecule has 0 aliphatic rings. The molecule has 0 saturated carbocycles. The molecule has 0 unspecified atom stereocenters. The number of fused-ring (bicyclic) bond motifs is 1. The molecule has 158 valence electrons. The minimum Gasteiger partial charge on any atom is -0.238 e. The predicted molar refractivity (Wildman–Crippen MR) is 136 cm³/mol. The molecule has 0 saturated heterocycles. The van der Waals surface area contributed by atoms with E-state index in [1.165, 1.54) is 16.3 Å². The normalized spacial score (nSPS) is 10.8. The maximum Gasteiger partial charge on any atom is 0.187 e. The Balaban J connectivity index is 1.67. The monoisotopic (exact) mass is 425 g/mol. The molecule has 1 aromatic heterocycles. The molecule has 0 atom stereocenters.